The summed E-state index contributed by atoms with van der Waals surface area (Å²) in [6.45, 7) is 1.43. The van der Waals surface area contributed by atoms with E-state index in [0.29, 0.717) is 26.4 Å². The van der Waals surface area contributed by atoms with E-state index in [9.17, 15) is 0 Å². The lowest BCUT2D eigenvalue weighted by Crippen LogP contribution is -2.14. The van der Waals surface area contributed by atoms with E-state index in [1.807, 2.05) is 0 Å². The second kappa shape index (κ2) is 48.0. The Morgan fingerprint density at radius 2 is 0.380 bits per heavy atom. The van der Waals surface area contributed by atoms with Crippen LogP contribution >= 0.6 is 0 Å². The van der Waals surface area contributed by atoms with Gasteiger partial charge in [-0.15, -0.1) is 0 Å². The van der Waals surface area contributed by atoms with Gasteiger partial charge in [-0.3, -0.25) is 0 Å². The van der Waals surface area contributed by atoms with E-state index < -0.39 is 0 Å². The Morgan fingerprint density at radius 3 is 0.680 bits per heavy atom. The van der Waals surface area contributed by atoms with Crippen LogP contribution in [-0.4, -0.2) is 176 Å². The maximum atomic E-state index is 5.25. The van der Waals surface area contributed by atoms with E-state index in [-0.39, 0.29) is 135 Å². The first kappa shape index (κ1) is 49.0. The van der Waals surface area contributed by atoms with Crippen molar-refractivity contribution >= 4 is 0 Å². The summed E-state index contributed by atoms with van der Waals surface area (Å²) in [7, 11) is 3.08. The Hall–Kier alpha value is -0.960. The molecule has 0 spiro atoms. The summed E-state index contributed by atoms with van der Waals surface area (Å²) < 4.78 is 101. The molecule has 0 rings (SSSR count). The Bertz CT molecular complexity index is 538. The molecule has 0 atom stereocenters. The quantitative estimate of drug-likeness (QED) is 0.0337. The molecule has 302 valence electrons. The molecule has 0 fully saturated rings. The van der Waals surface area contributed by atoms with E-state index in [1.54, 1.807) is 7.11 Å². The van der Waals surface area contributed by atoms with Crippen molar-refractivity contribution < 1.29 is 114 Å². The van der Waals surface area contributed by atoms with Gasteiger partial charge >= 0.3 is 0 Å². The molecule has 0 aliphatic rings. The van der Waals surface area contributed by atoms with Crippen molar-refractivity contribution in [1.82, 2.24) is 0 Å². The third-order valence-electron chi connectivity index (χ3n) is 4.24. The zero-order chi connectivity index (χ0) is 35.9. The van der Waals surface area contributed by atoms with Gasteiger partial charge in [-0.05, 0) is 0 Å². The van der Waals surface area contributed by atoms with Crippen LogP contribution in [0, 0.1) is 0 Å². The van der Waals surface area contributed by atoms with Crippen LogP contribution in [0.2, 0.25) is 0 Å². The van der Waals surface area contributed by atoms with Crippen LogP contribution in [0.15, 0.2) is 0 Å². The molecular weight excluding hydrogens is 696 g/mol. The average molecular weight is 751 g/mol. The minimum absolute atomic E-state index is 0.00856. The number of rotatable bonds is 47. The zero-order valence-corrected chi connectivity index (χ0v) is 28.8. The standard InChI is InChI=1S/C26H54O24/c1-27-3-4-32-23-47-49-25-45-21-43-19-41-17-39-15-37-13-35-11-31-6-5-29-10-30-7-8-33-24-48-50-26-46-22-44-20-42-18-40-16-38-14-36-12-34-9-28-2/h3-26H2,1-2H3. The molecule has 0 amide bonds. The summed E-state index contributed by atoms with van der Waals surface area (Å²) in [6.07, 6.45) is 0. The van der Waals surface area contributed by atoms with Gasteiger partial charge in [0.05, 0.1) is 39.6 Å². The smallest absolute Gasteiger partial charge is 0.183 e. The lowest BCUT2D eigenvalue weighted by atomic mass is 10.8. The number of ether oxygens (including phenoxy) is 20. The Balaban J connectivity index is 3.04. The summed E-state index contributed by atoms with van der Waals surface area (Å²) in [5.41, 5.74) is 0. The number of hydrogen-bond acceptors (Lipinski definition) is 24. The molecule has 24 nitrogen and oxygen atoms in total. The highest BCUT2D eigenvalue weighted by Gasteiger charge is 1.97. The average Bonchev–Trinajstić information content (AvgIpc) is 3.13. The third kappa shape index (κ3) is 47.0. The van der Waals surface area contributed by atoms with Crippen LogP contribution in [0.3, 0.4) is 0 Å². The van der Waals surface area contributed by atoms with Crippen LogP contribution < -0.4 is 0 Å². The molecular formula is C26H54O24. The van der Waals surface area contributed by atoms with Crippen molar-refractivity contribution in [2.24, 2.45) is 0 Å². The van der Waals surface area contributed by atoms with E-state index in [4.69, 9.17) is 99.8 Å². The molecule has 0 aliphatic carbocycles. The van der Waals surface area contributed by atoms with E-state index in [2.05, 4.69) is 14.5 Å². The summed E-state index contributed by atoms with van der Waals surface area (Å²) in [6, 6.07) is 0. The molecule has 0 bridgehead atoms. The second-order valence-electron chi connectivity index (χ2n) is 8.07. The lowest BCUT2D eigenvalue weighted by molar-refractivity contribution is -0.376. The molecule has 50 heavy (non-hydrogen) atoms. The zero-order valence-electron chi connectivity index (χ0n) is 28.8. The van der Waals surface area contributed by atoms with Crippen molar-refractivity contribution in [2.75, 3.05) is 176 Å². The molecule has 0 saturated heterocycles. The highest BCUT2D eigenvalue weighted by Crippen LogP contribution is 1.90. The largest absolute Gasteiger partial charge is 0.382 e. The fourth-order valence-electron chi connectivity index (χ4n) is 2.24. The van der Waals surface area contributed by atoms with Crippen molar-refractivity contribution in [2.45, 2.75) is 0 Å². The summed E-state index contributed by atoms with van der Waals surface area (Å²) in [5.74, 6) is 0. The van der Waals surface area contributed by atoms with Crippen molar-refractivity contribution in [1.29, 1.82) is 0 Å². The fraction of sp³-hybridized carbons (Fsp3) is 1.00. The Morgan fingerprint density at radius 1 is 0.180 bits per heavy atom. The van der Waals surface area contributed by atoms with Crippen molar-refractivity contribution in [3.63, 3.8) is 0 Å². The van der Waals surface area contributed by atoms with E-state index in [0.717, 1.165) is 0 Å². The third-order valence-corrected chi connectivity index (χ3v) is 4.24. The van der Waals surface area contributed by atoms with Crippen LogP contribution in [0.25, 0.3) is 0 Å². The Kier molecular flexibility index (Phi) is 47.1. The summed E-state index contributed by atoms with van der Waals surface area (Å²) >= 11 is 0. The fourth-order valence-corrected chi connectivity index (χ4v) is 2.24. The van der Waals surface area contributed by atoms with Crippen LogP contribution in [0.1, 0.15) is 0 Å². The Labute approximate surface area is 290 Å². The molecule has 0 N–H and O–H groups in total. The number of methoxy groups -OCH3 is 2. The first-order valence-corrected chi connectivity index (χ1v) is 14.8. The van der Waals surface area contributed by atoms with Gasteiger partial charge in [-0.25, -0.2) is 19.6 Å². The number of hydrogen-bond donors (Lipinski definition) is 0. The van der Waals surface area contributed by atoms with Gasteiger partial charge in [0.25, 0.3) is 0 Å². The van der Waals surface area contributed by atoms with Gasteiger partial charge in [0.2, 0.25) is 0 Å². The predicted octanol–water partition coefficient (Wildman–Crippen LogP) is -0.291. The first-order valence-electron chi connectivity index (χ1n) is 14.8. The molecule has 0 aromatic rings. The normalized spacial score (nSPS) is 11.6. The van der Waals surface area contributed by atoms with Gasteiger partial charge in [-0.1, -0.05) is 0 Å². The van der Waals surface area contributed by atoms with Gasteiger partial charge in [0.1, 0.15) is 20.4 Å². The van der Waals surface area contributed by atoms with E-state index >= 15 is 0 Å². The van der Waals surface area contributed by atoms with Gasteiger partial charge in [-0.2, -0.15) is 0 Å². The molecule has 0 radical (unpaired) electrons. The molecule has 0 heterocycles. The molecule has 0 unspecified atom stereocenters. The molecule has 0 saturated carbocycles. The maximum Gasteiger partial charge on any atom is 0.183 e. The monoisotopic (exact) mass is 750 g/mol. The van der Waals surface area contributed by atoms with Crippen LogP contribution in [0.4, 0.5) is 0 Å². The van der Waals surface area contributed by atoms with Gasteiger partial charge in [0, 0.05) is 14.2 Å². The minimum Gasteiger partial charge on any atom is -0.382 e. The molecule has 0 aromatic heterocycles. The van der Waals surface area contributed by atoms with E-state index in [1.165, 1.54) is 7.11 Å². The van der Waals surface area contributed by atoms with Crippen LogP contribution in [-0.2, 0) is 114 Å². The summed E-state index contributed by atoms with van der Waals surface area (Å²) in [5, 5.41) is 0. The SMILES string of the molecule is COCCOCOOCOCOCOCOCOCOCOCCOCOCCOCOOCOCOCOCOCOCOCOCOC. The minimum atomic E-state index is -0.173. The summed E-state index contributed by atoms with van der Waals surface area (Å²) in [4.78, 5) is 18.9. The maximum absolute atomic E-state index is 5.25. The topological polar surface area (TPSA) is 222 Å². The molecule has 24 heteroatoms. The second-order valence-corrected chi connectivity index (χ2v) is 8.07. The predicted molar refractivity (Wildman–Crippen MR) is 155 cm³/mol. The van der Waals surface area contributed by atoms with Crippen molar-refractivity contribution in [3.05, 3.63) is 0 Å². The molecule has 0 aliphatic heterocycles. The van der Waals surface area contributed by atoms with Crippen molar-refractivity contribution in [3.8, 4) is 0 Å². The first-order chi connectivity index (χ1) is 24.9. The molecule has 0 aromatic carbocycles. The van der Waals surface area contributed by atoms with Crippen LogP contribution in [0.5, 0.6) is 0 Å². The van der Waals surface area contributed by atoms with Gasteiger partial charge < -0.3 is 94.7 Å². The lowest BCUT2D eigenvalue weighted by Gasteiger charge is -2.09. The van der Waals surface area contributed by atoms with Gasteiger partial charge in [0.15, 0.2) is 102 Å². The highest BCUT2D eigenvalue weighted by atomic mass is 17.2. The highest BCUT2D eigenvalue weighted by molar-refractivity contribution is 4.26.